The van der Waals surface area contributed by atoms with Crippen molar-refractivity contribution >= 4 is 23.1 Å². The monoisotopic (exact) mass is 485 g/mol. The van der Waals surface area contributed by atoms with Crippen molar-refractivity contribution in [3.05, 3.63) is 89.0 Å². The van der Waals surface area contributed by atoms with Crippen LogP contribution in [0.1, 0.15) is 36.1 Å². The molecule has 36 heavy (non-hydrogen) atoms. The van der Waals surface area contributed by atoms with Crippen molar-refractivity contribution < 1.29 is 28.9 Å². The molecule has 0 aliphatic carbocycles. The number of fused-ring (bicyclic) bond motifs is 1. The fourth-order valence-corrected chi connectivity index (χ4v) is 4.64. The van der Waals surface area contributed by atoms with Gasteiger partial charge in [-0.1, -0.05) is 19.1 Å². The van der Waals surface area contributed by atoms with Crippen LogP contribution in [0.25, 0.3) is 5.76 Å². The van der Waals surface area contributed by atoms with Crippen molar-refractivity contribution in [2.45, 2.75) is 25.8 Å². The highest BCUT2D eigenvalue weighted by molar-refractivity contribution is 6.51. The van der Waals surface area contributed by atoms with Gasteiger partial charge in [-0.15, -0.1) is 0 Å². The summed E-state index contributed by atoms with van der Waals surface area (Å²) in [5, 5.41) is 11.4. The van der Waals surface area contributed by atoms with Crippen LogP contribution < -0.4 is 19.1 Å². The highest BCUT2D eigenvalue weighted by Crippen LogP contribution is 2.43. The van der Waals surface area contributed by atoms with E-state index in [1.807, 2.05) is 37.3 Å². The fourth-order valence-electron chi connectivity index (χ4n) is 4.64. The minimum absolute atomic E-state index is 0.0299. The Morgan fingerprint density at radius 3 is 2.61 bits per heavy atom. The van der Waals surface area contributed by atoms with E-state index in [0.29, 0.717) is 41.5 Å². The number of methoxy groups -OCH3 is 1. The minimum atomic E-state index is -0.840. The third kappa shape index (κ3) is 4.17. The summed E-state index contributed by atoms with van der Waals surface area (Å²) in [7, 11) is 1.56. The lowest BCUT2D eigenvalue weighted by molar-refractivity contribution is -0.132. The number of ether oxygens (including phenoxy) is 3. The van der Waals surface area contributed by atoms with E-state index in [1.165, 1.54) is 4.90 Å². The molecule has 1 unspecified atom stereocenters. The van der Waals surface area contributed by atoms with Crippen LogP contribution in [0.2, 0.25) is 0 Å². The first kappa shape index (κ1) is 23.5. The Morgan fingerprint density at radius 1 is 1.06 bits per heavy atom. The predicted octanol–water partition coefficient (Wildman–Crippen LogP) is 5.05. The maximum absolute atomic E-state index is 13.4. The summed E-state index contributed by atoms with van der Waals surface area (Å²) in [5.41, 5.74) is 2.63. The summed E-state index contributed by atoms with van der Waals surface area (Å²) in [6, 6.07) is 18.7. The normalized spacial score (nSPS) is 18.2. The quantitative estimate of drug-likeness (QED) is 0.287. The zero-order valence-electron chi connectivity index (χ0n) is 20.2. The number of amides is 1. The van der Waals surface area contributed by atoms with Crippen LogP contribution in [0, 0.1) is 0 Å². The number of hydrogen-bond acceptors (Lipinski definition) is 6. The number of nitrogens with zero attached hydrogens (tertiary/aromatic N) is 1. The lowest BCUT2D eigenvalue weighted by atomic mass is 9.94. The second kappa shape index (κ2) is 9.77. The molecule has 3 aromatic rings. The number of Topliss-reactive ketones (excluding diaryl/α,β-unsaturated/α-hetero) is 1. The van der Waals surface area contributed by atoms with Crippen molar-refractivity contribution in [2.75, 3.05) is 25.2 Å². The van der Waals surface area contributed by atoms with Crippen molar-refractivity contribution in [2.24, 2.45) is 0 Å². The van der Waals surface area contributed by atoms with E-state index in [0.717, 1.165) is 24.2 Å². The molecule has 1 amide bonds. The second-order valence-electron chi connectivity index (χ2n) is 8.71. The molecule has 0 saturated carbocycles. The smallest absolute Gasteiger partial charge is 0.300 e. The molecule has 2 heterocycles. The third-order valence-electron chi connectivity index (χ3n) is 6.40. The SMILES string of the molecule is CCCOc1cccc(C2/C(=C(/O)c3ccc4c(c3)CCO4)C(=O)C(=O)N2c2ccc(OC)cc2)c1. The Morgan fingerprint density at radius 2 is 1.86 bits per heavy atom. The van der Waals surface area contributed by atoms with Gasteiger partial charge < -0.3 is 19.3 Å². The van der Waals surface area contributed by atoms with E-state index in [1.54, 1.807) is 43.5 Å². The average Bonchev–Trinajstić information content (AvgIpc) is 3.49. The number of carbonyl (C=O) groups is 2. The first-order valence-corrected chi connectivity index (χ1v) is 12.0. The lowest BCUT2D eigenvalue weighted by Gasteiger charge is -2.26. The molecule has 0 radical (unpaired) electrons. The zero-order chi connectivity index (χ0) is 25.2. The predicted molar refractivity (Wildman–Crippen MR) is 136 cm³/mol. The summed E-state index contributed by atoms with van der Waals surface area (Å²) >= 11 is 0. The van der Waals surface area contributed by atoms with Gasteiger partial charge >= 0.3 is 0 Å². The summed E-state index contributed by atoms with van der Waals surface area (Å²) in [6.07, 6.45) is 1.56. The van der Waals surface area contributed by atoms with Gasteiger partial charge in [0.1, 0.15) is 23.0 Å². The molecule has 1 fully saturated rings. The molecule has 1 saturated heterocycles. The van der Waals surface area contributed by atoms with Crippen LogP contribution >= 0.6 is 0 Å². The number of anilines is 1. The second-order valence-corrected chi connectivity index (χ2v) is 8.71. The topological polar surface area (TPSA) is 85.3 Å². The maximum atomic E-state index is 13.4. The van der Waals surface area contributed by atoms with Gasteiger partial charge in [0.25, 0.3) is 11.7 Å². The lowest BCUT2D eigenvalue weighted by Crippen LogP contribution is -2.29. The minimum Gasteiger partial charge on any atom is -0.507 e. The molecular weight excluding hydrogens is 458 g/mol. The van der Waals surface area contributed by atoms with E-state index in [4.69, 9.17) is 14.2 Å². The van der Waals surface area contributed by atoms with E-state index in [2.05, 4.69) is 0 Å². The number of carbonyl (C=O) groups excluding carboxylic acids is 2. The number of aliphatic hydroxyl groups is 1. The van der Waals surface area contributed by atoms with Crippen molar-refractivity contribution in [3.63, 3.8) is 0 Å². The Bertz CT molecular complexity index is 1340. The Labute approximate surface area is 209 Å². The maximum Gasteiger partial charge on any atom is 0.300 e. The first-order valence-electron chi connectivity index (χ1n) is 12.0. The molecule has 1 N–H and O–H groups in total. The van der Waals surface area contributed by atoms with E-state index < -0.39 is 17.7 Å². The molecule has 7 heteroatoms. The molecule has 3 aromatic carbocycles. The average molecular weight is 486 g/mol. The molecule has 5 rings (SSSR count). The van der Waals surface area contributed by atoms with Gasteiger partial charge in [-0.3, -0.25) is 14.5 Å². The molecule has 2 aliphatic rings. The van der Waals surface area contributed by atoms with Gasteiger partial charge in [-0.2, -0.15) is 0 Å². The summed E-state index contributed by atoms with van der Waals surface area (Å²) < 4.78 is 16.6. The summed E-state index contributed by atoms with van der Waals surface area (Å²) in [4.78, 5) is 28.2. The van der Waals surface area contributed by atoms with Crippen LogP contribution in [0.5, 0.6) is 17.2 Å². The summed E-state index contributed by atoms with van der Waals surface area (Å²) in [5.74, 6) is 0.346. The number of benzene rings is 3. The molecule has 0 bridgehead atoms. The molecule has 0 spiro atoms. The number of ketones is 1. The number of rotatable bonds is 7. The third-order valence-corrected chi connectivity index (χ3v) is 6.40. The van der Waals surface area contributed by atoms with Crippen LogP contribution in [0.15, 0.2) is 72.3 Å². The van der Waals surface area contributed by atoms with E-state index >= 15 is 0 Å². The Kier molecular flexibility index (Phi) is 6.38. The Balaban J connectivity index is 1.66. The zero-order valence-corrected chi connectivity index (χ0v) is 20.2. The number of hydrogen-bond donors (Lipinski definition) is 1. The van der Waals surface area contributed by atoms with Crippen LogP contribution in [0.3, 0.4) is 0 Å². The molecular formula is C29H27NO6. The number of aliphatic hydroxyl groups excluding tert-OH is 1. The van der Waals surface area contributed by atoms with Crippen molar-refractivity contribution in [1.82, 2.24) is 0 Å². The highest BCUT2D eigenvalue weighted by atomic mass is 16.5. The Hall–Kier alpha value is -4.26. The van der Waals surface area contributed by atoms with Crippen molar-refractivity contribution in [3.8, 4) is 17.2 Å². The van der Waals surface area contributed by atoms with Gasteiger partial charge in [0.2, 0.25) is 0 Å². The van der Waals surface area contributed by atoms with Gasteiger partial charge in [-0.05, 0) is 72.1 Å². The van der Waals surface area contributed by atoms with Gasteiger partial charge in [-0.25, -0.2) is 0 Å². The van der Waals surface area contributed by atoms with E-state index in [-0.39, 0.29) is 11.3 Å². The molecule has 2 aliphatic heterocycles. The van der Waals surface area contributed by atoms with Crippen LogP contribution in [-0.4, -0.2) is 37.1 Å². The molecule has 1 atom stereocenters. The fraction of sp³-hybridized carbons (Fsp3) is 0.241. The first-order chi connectivity index (χ1) is 17.5. The van der Waals surface area contributed by atoms with Gasteiger partial charge in [0, 0.05) is 17.7 Å². The van der Waals surface area contributed by atoms with Crippen molar-refractivity contribution in [1.29, 1.82) is 0 Å². The molecule has 7 nitrogen and oxygen atoms in total. The van der Waals surface area contributed by atoms with Gasteiger partial charge in [0.05, 0.1) is 31.9 Å². The molecule has 184 valence electrons. The van der Waals surface area contributed by atoms with Crippen LogP contribution in [-0.2, 0) is 16.0 Å². The standard InChI is InChI=1S/C29H27NO6/c1-3-14-35-23-6-4-5-19(17-23)26-25(27(31)20-7-12-24-18(16-20)13-15-36-24)28(32)29(33)30(26)21-8-10-22(34-2)11-9-21/h4-12,16-17,26,31H,3,13-15H2,1-2H3/b27-25-. The largest absolute Gasteiger partial charge is 0.507 e. The van der Waals surface area contributed by atoms with E-state index in [9.17, 15) is 14.7 Å². The van der Waals surface area contributed by atoms with Crippen LogP contribution in [0.4, 0.5) is 5.69 Å². The summed E-state index contributed by atoms with van der Waals surface area (Å²) in [6.45, 7) is 3.13. The van der Waals surface area contributed by atoms with Gasteiger partial charge in [0.15, 0.2) is 0 Å². The molecule has 0 aromatic heterocycles. The highest BCUT2D eigenvalue weighted by Gasteiger charge is 2.47.